The molecule has 0 bridgehead atoms. The lowest BCUT2D eigenvalue weighted by atomic mass is 10.2. The predicted molar refractivity (Wildman–Crippen MR) is 65.5 cm³/mol. The highest BCUT2D eigenvalue weighted by Crippen LogP contribution is 2.15. The van der Waals surface area contributed by atoms with E-state index in [0.29, 0.717) is 19.0 Å². The Morgan fingerprint density at radius 3 is 2.75 bits per heavy atom. The molecule has 2 N–H and O–H groups in total. The van der Waals surface area contributed by atoms with E-state index < -0.39 is 0 Å². The predicted octanol–water partition coefficient (Wildman–Crippen LogP) is 1.18. The fraction of sp³-hybridized carbons (Fsp3) is 0.583. The van der Waals surface area contributed by atoms with Crippen molar-refractivity contribution in [2.24, 2.45) is 5.73 Å². The summed E-state index contributed by atoms with van der Waals surface area (Å²) in [6, 6.07) is 3.93. The van der Waals surface area contributed by atoms with Crippen molar-refractivity contribution in [3.63, 3.8) is 0 Å². The van der Waals surface area contributed by atoms with Crippen LogP contribution in [0.2, 0.25) is 0 Å². The topological polar surface area (TPSA) is 51.4 Å². The van der Waals surface area contributed by atoms with Gasteiger partial charge in [-0.2, -0.15) is 0 Å². The molecule has 0 aliphatic heterocycles. The Kier molecular flexibility index (Phi) is 5.22. The highest BCUT2D eigenvalue weighted by molar-refractivity contribution is 5.27. The van der Waals surface area contributed by atoms with E-state index in [1.54, 1.807) is 0 Å². The third-order valence-corrected chi connectivity index (χ3v) is 2.29. The zero-order valence-electron chi connectivity index (χ0n) is 10.4. The molecule has 1 rings (SSSR count). The maximum Gasteiger partial charge on any atom is 0.218 e. The SMILES string of the molecule is Cc1ccc(CN)c(OCCCN(C)C)n1. The minimum atomic E-state index is 0.469. The van der Waals surface area contributed by atoms with Gasteiger partial charge < -0.3 is 15.4 Å². The van der Waals surface area contributed by atoms with Crippen LogP contribution in [0.15, 0.2) is 12.1 Å². The summed E-state index contributed by atoms with van der Waals surface area (Å²) >= 11 is 0. The van der Waals surface area contributed by atoms with Gasteiger partial charge in [0.1, 0.15) is 0 Å². The van der Waals surface area contributed by atoms with Crippen molar-refractivity contribution < 1.29 is 4.74 Å². The van der Waals surface area contributed by atoms with Crippen molar-refractivity contribution in [2.45, 2.75) is 19.9 Å². The van der Waals surface area contributed by atoms with Crippen LogP contribution in [-0.2, 0) is 6.54 Å². The summed E-state index contributed by atoms with van der Waals surface area (Å²) in [6.07, 6.45) is 0.993. The van der Waals surface area contributed by atoms with Gasteiger partial charge in [0.25, 0.3) is 0 Å². The van der Waals surface area contributed by atoms with E-state index in [9.17, 15) is 0 Å². The smallest absolute Gasteiger partial charge is 0.218 e. The van der Waals surface area contributed by atoms with Crippen LogP contribution in [0.4, 0.5) is 0 Å². The average molecular weight is 223 g/mol. The first-order valence-electron chi connectivity index (χ1n) is 5.57. The molecule has 0 saturated carbocycles. The van der Waals surface area contributed by atoms with Crippen molar-refractivity contribution in [1.29, 1.82) is 0 Å². The van der Waals surface area contributed by atoms with Gasteiger partial charge in [-0.25, -0.2) is 4.98 Å². The molecule has 1 aromatic rings. The van der Waals surface area contributed by atoms with Crippen molar-refractivity contribution in [2.75, 3.05) is 27.2 Å². The molecular formula is C12H21N3O. The standard InChI is InChI=1S/C12H21N3O/c1-10-5-6-11(9-13)12(14-10)16-8-4-7-15(2)3/h5-6H,4,7-9,13H2,1-3H3. The molecule has 4 heteroatoms. The highest BCUT2D eigenvalue weighted by atomic mass is 16.5. The molecule has 90 valence electrons. The van der Waals surface area contributed by atoms with Gasteiger partial charge in [-0.1, -0.05) is 6.07 Å². The minimum absolute atomic E-state index is 0.469. The largest absolute Gasteiger partial charge is 0.477 e. The lowest BCUT2D eigenvalue weighted by Gasteiger charge is -2.12. The molecule has 0 fully saturated rings. The van der Waals surface area contributed by atoms with Gasteiger partial charge in [-0.15, -0.1) is 0 Å². The number of aryl methyl sites for hydroxylation is 1. The van der Waals surface area contributed by atoms with Crippen molar-refractivity contribution in [1.82, 2.24) is 9.88 Å². The van der Waals surface area contributed by atoms with Gasteiger partial charge in [0, 0.05) is 24.3 Å². The molecule has 0 radical (unpaired) electrons. The second-order valence-electron chi connectivity index (χ2n) is 4.13. The van der Waals surface area contributed by atoms with E-state index in [4.69, 9.17) is 10.5 Å². The van der Waals surface area contributed by atoms with Gasteiger partial charge in [0.2, 0.25) is 5.88 Å². The third-order valence-electron chi connectivity index (χ3n) is 2.29. The van der Waals surface area contributed by atoms with Crippen LogP contribution in [0.25, 0.3) is 0 Å². The molecule has 1 heterocycles. The van der Waals surface area contributed by atoms with Crippen LogP contribution in [0.3, 0.4) is 0 Å². The maximum atomic E-state index is 5.64. The van der Waals surface area contributed by atoms with Gasteiger partial charge in [-0.05, 0) is 33.5 Å². The van der Waals surface area contributed by atoms with Crippen LogP contribution in [-0.4, -0.2) is 37.1 Å². The number of ether oxygens (including phenoxy) is 1. The molecule has 16 heavy (non-hydrogen) atoms. The van der Waals surface area contributed by atoms with Crippen LogP contribution >= 0.6 is 0 Å². The van der Waals surface area contributed by atoms with Crippen molar-refractivity contribution >= 4 is 0 Å². The molecule has 0 spiro atoms. The van der Waals surface area contributed by atoms with Gasteiger partial charge in [0.05, 0.1) is 6.61 Å². The number of aromatic nitrogens is 1. The Morgan fingerprint density at radius 2 is 2.12 bits per heavy atom. The minimum Gasteiger partial charge on any atom is -0.477 e. The Balaban J connectivity index is 2.48. The summed E-state index contributed by atoms with van der Waals surface area (Å²) in [5.41, 5.74) is 7.55. The first-order chi connectivity index (χ1) is 7.63. The van der Waals surface area contributed by atoms with E-state index in [-0.39, 0.29) is 0 Å². The fourth-order valence-electron chi connectivity index (χ4n) is 1.39. The first-order valence-corrected chi connectivity index (χ1v) is 5.57. The number of nitrogens with two attached hydrogens (primary N) is 1. The number of pyridine rings is 1. The zero-order chi connectivity index (χ0) is 12.0. The molecule has 0 aliphatic rings. The lowest BCUT2D eigenvalue weighted by molar-refractivity contribution is 0.270. The van der Waals surface area contributed by atoms with Crippen molar-refractivity contribution in [3.8, 4) is 5.88 Å². The molecule has 0 aromatic carbocycles. The second kappa shape index (κ2) is 6.45. The summed E-state index contributed by atoms with van der Waals surface area (Å²) in [5.74, 6) is 0.682. The Hall–Kier alpha value is -1.13. The molecule has 0 aliphatic carbocycles. The molecule has 0 atom stereocenters. The Bertz CT molecular complexity index is 326. The number of nitrogens with zero attached hydrogens (tertiary/aromatic N) is 2. The van der Waals surface area contributed by atoms with Crippen molar-refractivity contribution in [3.05, 3.63) is 23.4 Å². The molecule has 0 saturated heterocycles. The fourth-order valence-corrected chi connectivity index (χ4v) is 1.39. The van der Waals surface area contributed by atoms with Crippen LogP contribution in [0.5, 0.6) is 5.88 Å². The molecule has 0 amide bonds. The summed E-state index contributed by atoms with van der Waals surface area (Å²) in [4.78, 5) is 6.48. The summed E-state index contributed by atoms with van der Waals surface area (Å²) in [5, 5.41) is 0. The van der Waals surface area contributed by atoms with E-state index in [1.807, 2.05) is 19.1 Å². The molecule has 1 aromatic heterocycles. The summed E-state index contributed by atoms with van der Waals surface area (Å²) in [7, 11) is 4.10. The van der Waals surface area contributed by atoms with E-state index in [0.717, 1.165) is 24.2 Å². The monoisotopic (exact) mass is 223 g/mol. The van der Waals surface area contributed by atoms with Crippen LogP contribution < -0.4 is 10.5 Å². The van der Waals surface area contributed by atoms with Gasteiger partial charge >= 0.3 is 0 Å². The molecule has 4 nitrogen and oxygen atoms in total. The number of hydrogen-bond acceptors (Lipinski definition) is 4. The Morgan fingerprint density at radius 1 is 1.38 bits per heavy atom. The second-order valence-corrected chi connectivity index (χ2v) is 4.13. The third kappa shape index (κ3) is 4.16. The zero-order valence-corrected chi connectivity index (χ0v) is 10.4. The normalized spacial score (nSPS) is 10.8. The number of rotatable bonds is 6. The maximum absolute atomic E-state index is 5.64. The molecule has 0 unspecified atom stereocenters. The van der Waals surface area contributed by atoms with Gasteiger partial charge in [0.15, 0.2) is 0 Å². The Labute approximate surface area is 97.4 Å². The highest BCUT2D eigenvalue weighted by Gasteiger charge is 2.04. The van der Waals surface area contributed by atoms with Crippen LogP contribution in [0.1, 0.15) is 17.7 Å². The molecular weight excluding hydrogens is 202 g/mol. The number of hydrogen-bond donors (Lipinski definition) is 1. The van der Waals surface area contributed by atoms with E-state index in [2.05, 4.69) is 24.0 Å². The summed E-state index contributed by atoms with van der Waals surface area (Å²) < 4.78 is 5.64. The lowest BCUT2D eigenvalue weighted by Crippen LogP contribution is -2.16. The van der Waals surface area contributed by atoms with E-state index >= 15 is 0 Å². The summed E-state index contributed by atoms with van der Waals surface area (Å²) in [6.45, 7) is 4.12. The van der Waals surface area contributed by atoms with Crippen LogP contribution in [0, 0.1) is 6.92 Å². The average Bonchev–Trinajstić information content (AvgIpc) is 2.24. The van der Waals surface area contributed by atoms with E-state index in [1.165, 1.54) is 0 Å². The van der Waals surface area contributed by atoms with Gasteiger partial charge in [-0.3, -0.25) is 0 Å². The quantitative estimate of drug-likeness (QED) is 0.736. The first kappa shape index (κ1) is 12.9.